The summed E-state index contributed by atoms with van der Waals surface area (Å²) in [5, 5.41) is 11.0. The van der Waals surface area contributed by atoms with Gasteiger partial charge in [-0.05, 0) is 24.1 Å². The first-order valence-electron chi connectivity index (χ1n) is 8.81. The molecule has 1 aliphatic heterocycles. The Morgan fingerprint density at radius 1 is 1.09 bits per heavy atom. The van der Waals surface area contributed by atoms with Gasteiger partial charge in [-0.15, -0.1) is 0 Å². The molecule has 0 saturated carbocycles. The highest BCUT2D eigenvalue weighted by Crippen LogP contribution is 2.37. The highest BCUT2D eigenvalue weighted by atomic mass is 35.5. The van der Waals surface area contributed by atoms with Crippen molar-refractivity contribution in [3.63, 3.8) is 0 Å². The highest BCUT2D eigenvalue weighted by molar-refractivity contribution is 6.30. The molecule has 1 fully saturated rings. The minimum Gasteiger partial charge on any atom is -0.386 e. The van der Waals surface area contributed by atoms with Crippen LogP contribution in [0.1, 0.15) is 76.4 Å². The molecule has 1 N–H and O–H groups in total. The number of hydrogen-bond donors (Lipinski definition) is 1. The third-order valence-electron chi connectivity index (χ3n) is 4.47. The van der Waals surface area contributed by atoms with Gasteiger partial charge >= 0.3 is 0 Å². The zero-order valence-corrected chi connectivity index (χ0v) is 14.4. The Morgan fingerprint density at radius 3 is 2.45 bits per heavy atom. The van der Waals surface area contributed by atoms with Gasteiger partial charge in [0.15, 0.2) is 0 Å². The first kappa shape index (κ1) is 17.8. The van der Waals surface area contributed by atoms with Crippen LogP contribution < -0.4 is 0 Å². The lowest BCUT2D eigenvalue weighted by Crippen LogP contribution is -2.08. The fourth-order valence-corrected chi connectivity index (χ4v) is 3.22. The van der Waals surface area contributed by atoms with Crippen molar-refractivity contribution in [3.05, 3.63) is 34.9 Å². The number of rotatable bonds is 11. The summed E-state index contributed by atoms with van der Waals surface area (Å²) in [5.74, 6) is 0. The van der Waals surface area contributed by atoms with Crippen molar-refractivity contribution < 1.29 is 9.84 Å². The van der Waals surface area contributed by atoms with E-state index in [1.165, 1.54) is 51.4 Å². The molecule has 1 unspecified atom stereocenters. The van der Waals surface area contributed by atoms with Crippen molar-refractivity contribution in [2.24, 2.45) is 0 Å². The fourth-order valence-electron chi connectivity index (χ4n) is 3.03. The molecule has 2 rings (SSSR count). The Hall–Kier alpha value is -0.570. The summed E-state index contributed by atoms with van der Waals surface area (Å²) in [6.07, 6.45) is 11.3. The van der Waals surface area contributed by atoms with Crippen molar-refractivity contribution in [1.82, 2.24) is 0 Å². The summed E-state index contributed by atoms with van der Waals surface area (Å²) >= 11 is 5.96. The average Bonchev–Trinajstić information content (AvgIpc) is 3.29. The van der Waals surface area contributed by atoms with E-state index in [2.05, 4.69) is 6.92 Å². The standard InChI is InChI=1S/C19H29ClO2/c1-2-3-4-5-6-7-8-9-13-17-19(22-17)18(21)15-11-10-12-16(20)14-15/h10-12,14,17-19,21H,2-9,13H2,1H3/t17-,18?,19+/m1/s1. The number of aliphatic hydroxyl groups is 1. The van der Waals surface area contributed by atoms with Gasteiger partial charge in [-0.2, -0.15) is 0 Å². The highest BCUT2D eigenvalue weighted by Gasteiger charge is 2.44. The number of halogens is 1. The quantitative estimate of drug-likeness (QED) is 0.420. The molecule has 2 nitrogen and oxygen atoms in total. The predicted molar refractivity (Wildman–Crippen MR) is 92.3 cm³/mol. The van der Waals surface area contributed by atoms with E-state index in [1.54, 1.807) is 0 Å². The zero-order valence-electron chi connectivity index (χ0n) is 13.6. The van der Waals surface area contributed by atoms with E-state index in [-0.39, 0.29) is 12.2 Å². The minimum absolute atomic E-state index is 0.0389. The van der Waals surface area contributed by atoms with Crippen LogP contribution in [0.15, 0.2) is 24.3 Å². The van der Waals surface area contributed by atoms with Gasteiger partial charge in [0, 0.05) is 5.02 Å². The monoisotopic (exact) mass is 324 g/mol. The van der Waals surface area contributed by atoms with Gasteiger partial charge in [0.2, 0.25) is 0 Å². The van der Waals surface area contributed by atoms with E-state index < -0.39 is 6.10 Å². The minimum atomic E-state index is -0.544. The molecule has 0 bridgehead atoms. The molecule has 0 aromatic heterocycles. The normalized spacial score (nSPS) is 21.8. The first-order valence-corrected chi connectivity index (χ1v) is 9.19. The Labute approximate surface area is 139 Å². The van der Waals surface area contributed by atoms with Crippen LogP contribution in [0, 0.1) is 0 Å². The second-order valence-electron chi connectivity index (χ2n) is 6.40. The maximum absolute atomic E-state index is 10.3. The number of epoxide rings is 1. The van der Waals surface area contributed by atoms with Crippen molar-refractivity contribution >= 4 is 11.6 Å². The van der Waals surface area contributed by atoms with Gasteiger partial charge in [-0.3, -0.25) is 0 Å². The van der Waals surface area contributed by atoms with Gasteiger partial charge < -0.3 is 9.84 Å². The van der Waals surface area contributed by atoms with Crippen molar-refractivity contribution in [2.75, 3.05) is 0 Å². The summed E-state index contributed by atoms with van der Waals surface area (Å²) in [7, 11) is 0. The van der Waals surface area contributed by atoms with Gasteiger partial charge in [0.25, 0.3) is 0 Å². The molecular formula is C19H29ClO2. The lowest BCUT2D eigenvalue weighted by atomic mass is 10.0. The molecule has 0 amide bonds. The summed E-state index contributed by atoms with van der Waals surface area (Å²) in [6.45, 7) is 2.25. The number of aliphatic hydroxyl groups excluding tert-OH is 1. The number of unbranched alkanes of at least 4 members (excludes halogenated alkanes) is 7. The van der Waals surface area contributed by atoms with E-state index in [0.717, 1.165) is 12.0 Å². The lowest BCUT2D eigenvalue weighted by Gasteiger charge is -2.08. The Morgan fingerprint density at radius 2 is 1.77 bits per heavy atom. The maximum Gasteiger partial charge on any atom is 0.114 e. The molecule has 1 aromatic rings. The van der Waals surface area contributed by atoms with E-state index >= 15 is 0 Å². The molecule has 22 heavy (non-hydrogen) atoms. The number of hydrogen-bond acceptors (Lipinski definition) is 2. The molecular weight excluding hydrogens is 296 g/mol. The van der Waals surface area contributed by atoms with E-state index in [0.29, 0.717) is 5.02 Å². The first-order chi connectivity index (χ1) is 10.7. The smallest absolute Gasteiger partial charge is 0.114 e. The molecule has 1 aromatic carbocycles. The Balaban J connectivity index is 1.55. The fraction of sp³-hybridized carbons (Fsp3) is 0.684. The van der Waals surface area contributed by atoms with E-state index in [4.69, 9.17) is 16.3 Å². The van der Waals surface area contributed by atoms with Crippen LogP contribution in [-0.2, 0) is 4.74 Å². The van der Waals surface area contributed by atoms with E-state index in [9.17, 15) is 5.11 Å². The molecule has 1 aliphatic rings. The molecule has 1 heterocycles. The average molecular weight is 325 g/mol. The van der Waals surface area contributed by atoms with Crippen LogP contribution in [0.25, 0.3) is 0 Å². The summed E-state index contributed by atoms with van der Waals surface area (Å²) in [6, 6.07) is 7.42. The molecule has 1 saturated heterocycles. The van der Waals surface area contributed by atoms with Crippen molar-refractivity contribution in [1.29, 1.82) is 0 Å². The van der Waals surface area contributed by atoms with Gasteiger partial charge in [-0.1, -0.05) is 82.0 Å². The molecule has 3 atom stereocenters. The van der Waals surface area contributed by atoms with Crippen LogP contribution in [0.5, 0.6) is 0 Å². The van der Waals surface area contributed by atoms with Gasteiger partial charge in [0.1, 0.15) is 12.2 Å². The van der Waals surface area contributed by atoms with Crippen LogP contribution in [0.4, 0.5) is 0 Å². The van der Waals surface area contributed by atoms with Crippen molar-refractivity contribution in [3.8, 4) is 0 Å². The molecule has 0 radical (unpaired) electrons. The van der Waals surface area contributed by atoms with Crippen molar-refractivity contribution in [2.45, 2.75) is 83.0 Å². The van der Waals surface area contributed by atoms with Crippen LogP contribution in [-0.4, -0.2) is 17.3 Å². The maximum atomic E-state index is 10.3. The van der Waals surface area contributed by atoms with Gasteiger partial charge in [-0.25, -0.2) is 0 Å². The second kappa shape index (κ2) is 9.54. The molecule has 0 aliphatic carbocycles. The number of benzene rings is 1. The van der Waals surface area contributed by atoms with Crippen LogP contribution >= 0.6 is 11.6 Å². The van der Waals surface area contributed by atoms with Gasteiger partial charge in [0.05, 0.1) is 6.10 Å². The lowest BCUT2D eigenvalue weighted by molar-refractivity contribution is 0.137. The zero-order chi connectivity index (χ0) is 15.8. The SMILES string of the molecule is CCCCCCCCCC[C@H]1O[C@@H]1C(O)c1cccc(Cl)c1. The molecule has 124 valence electrons. The largest absolute Gasteiger partial charge is 0.386 e. The Kier molecular flexibility index (Phi) is 7.71. The summed E-state index contributed by atoms with van der Waals surface area (Å²) < 4.78 is 5.64. The summed E-state index contributed by atoms with van der Waals surface area (Å²) in [4.78, 5) is 0. The molecule has 0 spiro atoms. The summed E-state index contributed by atoms with van der Waals surface area (Å²) in [5.41, 5.74) is 0.857. The Bertz CT molecular complexity index is 435. The topological polar surface area (TPSA) is 32.8 Å². The predicted octanol–water partition coefficient (Wildman–Crippen LogP) is 5.67. The number of ether oxygens (including phenoxy) is 1. The molecule has 3 heteroatoms. The second-order valence-corrected chi connectivity index (χ2v) is 6.84. The van der Waals surface area contributed by atoms with Crippen LogP contribution in [0.3, 0.4) is 0 Å². The van der Waals surface area contributed by atoms with Crippen LogP contribution in [0.2, 0.25) is 5.02 Å². The third kappa shape index (κ3) is 5.91. The third-order valence-corrected chi connectivity index (χ3v) is 4.70. The van der Waals surface area contributed by atoms with E-state index in [1.807, 2.05) is 24.3 Å².